The topological polar surface area (TPSA) is 88.1 Å². The molecule has 0 aliphatic rings. The highest BCUT2D eigenvalue weighted by Gasteiger charge is 2.40. The van der Waals surface area contributed by atoms with Crippen molar-refractivity contribution in [1.82, 2.24) is 9.78 Å². The molecule has 3 rings (SSSR count). The van der Waals surface area contributed by atoms with E-state index in [1.807, 2.05) is 13.8 Å². The molecule has 0 saturated heterocycles. The zero-order chi connectivity index (χ0) is 25.5. The van der Waals surface area contributed by atoms with Crippen LogP contribution in [0.3, 0.4) is 0 Å². The highest BCUT2D eigenvalue weighted by Crippen LogP contribution is 2.34. The van der Waals surface area contributed by atoms with Gasteiger partial charge in [-0.15, -0.1) is 0 Å². The molecule has 1 aromatic heterocycles. The van der Waals surface area contributed by atoms with Gasteiger partial charge in [0.05, 0.1) is 17.4 Å². The fraction of sp³-hybridized carbons (Fsp3) is 0.261. The summed E-state index contributed by atoms with van der Waals surface area (Å²) in [5, 5.41) is 11.8. The lowest BCUT2D eigenvalue weighted by atomic mass is 10.2. The van der Waals surface area contributed by atoms with Crippen molar-refractivity contribution in [2.45, 2.75) is 33.4 Å². The van der Waals surface area contributed by atoms with Crippen LogP contribution in [0.25, 0.3) is 5.69 Å². The van der Waals surface area contributed by atoms with Gasteiger partial charge in [-0.1, -0.05) is 32.4 Å². The molecule has 0 bridgehead atoms. The lowest BCUT2D eigenvalue weighted by Gasteiger charge is -2.14. The molecule has 1 heterocycles. The Kier molecular flexibility index (Phi) is 9.08. The number of amides is 2. The lowest BCUT2D eigenvalue weighted by Crippen LogP contribution is -2.21. The van der Waals surface area contributed by atoms with Crippen LogP contribution < -0.4 is 16.0 Å². The van der Waals surface area contributed by atoms with E-state index in [1.54, 1.807) is 26.1 Å². The summed E-state index contributed by atoms with van der Waals surface area (Å²) in [4.78, 5) is 24.3. The van der Waals surface area contributed by atoms with E-state index in [2.05, 4.69) is 21.0 Å². The Bertz CT molecular complexity index is 1140. The number of hydrogen-bond acceptors (Lipinski definition) is 4. The van der Waals surface area contributed by atoms with Crippen LogP contribution in [-0.4, -0.2) is 28.6 Å². The van der Waals surface area contributed by atoms with Crippen LogP contribution in [0.1, 0.15) is 43.2 Å². The molecule has 0 aliphatic carbocycles. The van der Waals surface area contributed by atoms with Gasteiger partial charge in [0, 0.05) is 35.6 Å². The predicted octanol–water partition coefficient (Wildman–Crippen LogP) is 6.21. The number of carbonyl (C=O) groups excluding carboxylic acids is 2. The number of hydrogen-bond donors (Lipinski definition) is 3. The molecule has 2 aromatic carbocycles. The third-order valence-corrected chi connectivity index (χ3v) is 4.66. The zero-order valence-electron chi connectivity index (χ0n) is 19.0. The van der Waals surface area contributed by atoms with Gasteiger partial charge in [-0.2, -0.15) is 18.3 Å². The minimum absolute atomic E-state index is 0.119. The van der Waals surface area contributed by atoms with Crippen molar-refractivity contribution in [2.24, 2.45) is 0 Å². The maximum absolute atomic E-state index is 13.9. The van der Waals surface area contributed by atoms with Crippen LogP contribution in [0.15, 0.2) is 48.7 Å². The first-order valence-corrected chi connectivity index (χ1v) is 10.9. The normalized spacial score (nSPS) is 10.7. The average Bonchev–Trinajstić information content (AvgIpc) is 3.26. The summed E-state index contributed by atoms with van der Waals surface area (Å²) in [7, 11) is 1.68. The SMILES string of the molecule is CC.CCC(=O)Nc1cc(Cl)cc(NC(=O)c2cnn(-c3ccc(NC)cc3)c2C(F)(F)F)c1. The summed E-state index contributed by atoms with van der Waals surface area (Å²) < 4.78 is 42.2. The molecule has 0 fully saturated rings. The molecule has 0 unspecified atom stereocenters. The lowest BCUT2D eigenvalue weighted by molar-refractivity contribution is -0.143. The highest BCUT2D eigenvalue weighted by atomic mass is 35.5. The summed E-state index contributed by atoms with van der Waals surface area (Å²) in [5.74, 6) is -1.31. The first kappa shape index (κ1) is 26.7. The van der Waals surface area contributed by atoms with Crippen molar-refractivity contribution in [1.29, 1.82) is 0 Å². The molecular formula is C23H25ClF3N5O2. The number of anilines is 3. The smallest absolute Gasteiger partial charge is 0.388 e. The molecule has 0 saturated carbocycles. The van der Waals surface area contributed by atoms with Gasteiger partial charge in [-0.25, -0.2) is 4.68 Å². The van der Waals surface area contributed by atoms with Gasteiger partial charge in [0.15, 0.2) is 5.69 Å². The van der Waals surface area contributed by atoms with Gasteiger partial charge >= 0.3 is 6.18 Å². The Labute approximate surface area is 200 Å². The third-order valence-electron chi connectivity index (χ3n) is 4.44. The van der Waals surface area contributed by atoms with Crippen LogP contribution in [0.2, 0.25) is 5.02 Å². The summed E-state index contributed by atoms with van der Waals surface area (Å²) in [5.41, 5.74) is -0.603. The standard InChI is InChI=1S/C21H19ClF3N5O2.C2H6/c1-3-18(31)28-14-8-12(22)9-15(10-14)29-20(32)17-11-27-30(19(17)21(23,24)25)16-6-4-13(26-2)5-7-16;1-2/h4-11,26H,3H2,1-2H3,(H,28,31)(H,29,32);1-2H3. The van der Waals surface area contributed by atoms with E-state index < -0.39 is 23.3 Å². The van der Waals surface area contributed by atoms with E-state index in [0.717, 1.165) is 6.20 Å². The molecule has 7 nitrogen and oxygen atoms in total. The molecule has 0 aliphatic heterocycles. The van der Waals surface area contributed by atoms with Crippen molar-refractivity contribution >= 4 is 40.5 Å². The molecule has 2 amide bonds. The van der Waals surface area contributed by atoms with Gasteiger partial charge in [0.1, 0.15) is 0 Å². The molecule has 11 heteroatoms. The Balaban J connectivity index is 0.00000199. The van der Waals surface area contributed by atoms with E-state index >= 15 is 0 Å². The second kappa shape index (κ2) is 11.6. The van der Waals surface area contributed by atoms with Gasteiger partial charge in [-0.05, 0) is 42.5 Å². The van der Waals surface area contributed by atoms with Crippen molar-refractivity contribution in [3.63, 3.8) is 0 Å². The molecule has 0 spiro atoms. The maximum Gasteiger partial charge on any atom is 0.434 e. The number of nitrogens with zero attached hydrogens (tertiary/aromatic N) is 2. The predicted molar refractivity (Wildman–Crippen MR) is 128 cm³/mol. The first-order valence-electron chi connectivity index (χ1n) is 10.5. The summed E-state index contributed by atoms with van der Waals surface area (Å²) in [6.45, 7) is 5.66. The van der Waals surface area contributed by atoms with Crippen molar-refractivity contribution in [3.05, 3.63) is 64.9 Å². The van der Waals surface area contributed by atoms with Crippen LogP contribution in [-0.2, 0) is 11.0 Å². The quantitative estimate of drug-likeness (QED) is 0.379. The number of carbonyl (C=O) groups is 2. The van der Waals surface area contributed by atoms with E-state index in [1.165, 1.54) is 30.3 Å². The fourth-order valence-electron chi connectivity index (χ4n) is 2.93. The van der Waals surface area contributed by atoms with E-state index in [9.17, 15) is 22.8 Å². The molecule has 0 radical (unpaired) electrons. The molecule has 182 valence electrons. The van der Waals surface area contributed by atoms with Crippen LogP contribution in [0, 0.1) is 0 Å². The molecule has 3 aromatic rings. The molecule has 3 N–H and O–H groups in total. The van der Waals surface area contributed by atoms with Crippen LogP contribution >= 0.6 is 11.6 Å². The average molecular weight is 496 g/mol. The molecule has 0 atom stereocenters. The van der Waals surface area contributed by atoms with Gasteiger partial charge in [0.25, 0.3) is 5.91 Å². The third kappa shape index (κ3) is 6.50. The number of alkyl halides is 3. The van der Waals surface area contributed by atoms with Crippen molar-refractivity contribution in [2.75, 3.05) is 23.0 Å². The monoisotopic (exact) mass is 495 g/mol. The number of rotatable bonds is 6. The van der Waals surface area contributed by atoms with Crippen LogP contribution in [0.4, 0.5) is 30.2 Å². The number of halogens is 4. The summed E-state index contributed by atoms with van der Waals surface area (Å²) >= 11 is 6.01. The van der Waals surface area contributed by atoms with Crippen molar-refractivity contribution < 1.29 is 22.8 Å². The van der Waals surface area contributed by atoms with Crippen LogP contribution in [0.5, 0.6) is 0 Å². The second-order valence-electron chi connectivity index (χ2n) is 6.70. The van der Waals surface area contributed by atoms with E-state index in [0.29, 0.717) is 16.1 Å². The Morgan fingerprint density at radius 1 is 1.00 bits per heavy atom. The van der Waals surface area contributed by atoms with Gasteiger partial charge in [-0.3, -0.25) is 9.59 Å². The largest absolute Gasteiger partial charge is 0.434 e. The van der Waals surface area contributed by atoms with Gasteiger partial charge in [0.2, 0.25) is 5.91 Å². The zero-order valence-corrected chi connectivity index (χ0v) is 19.8. The Morgan fingerprint density at radius 3 is 2.12 bits per heavy atom. The summed E-state index contributed by atoms with van der Waals surface area (Å²) in [6.07, 6.45) is -3.77. The minimum Gasteiger partial charge on any atom is -0.388 e. The van der Waals surface area contributed by atoms with E-state index in [4.69, 9.17) is 11.6 Å². The number of aromatic nitrogens is 2. The summed E-state index contributed by atoms with van der Waals surface area (Å²) in [6, 6.07) is 10.3. The maximum atomic E-state index is 13.9. The van der Waals surface area contributed by atoms with Gasteiger partial charge < -0.3 is 16.0 Å². The minimum atomic E-state index is -4.85. The number of nitrogens with one attached hydrogen (secondary N) is 3. The second-order valence-corrected chi connectivity index (χ2v) is 7.13. The fourth-order valence-corrected chi connectivity index (χ4v) is 3.17. The number of benzene rings is 2. The Morgan fingerprint density at radius 2 is 1.59 bits per heavy atom. The van der Waals surface area contributed by atoms with E-state index in [-0.39, 0.29) is 28.7 Å². The molecule has 34 heavy (non-hydrogen) atoms. The first-order chi connectivity index (χ1) is 16.1. The Hall–Kier alpha value is -3.53. The highest BCUT2D eigenvalue weighted by molar-refractivity contribution is 6.31. The van der Waals surface area contributed by atoms with Crippen molar-refractivity contribution in [3.8, 4) is 5.69 Å². The molecular weight excluding hydrogens is 471 g/mol.